The summed E-state index contributed by atoms with van der Waals surface area (Å²) in [5.41, 5.74) is 1.89. The Hall–Kier alpha value is -4.60. The van der Waals surface area contributed by atoms with Gasteiger partial charge in [-0.1, -0.05) is 35.5 Å². The normalized spacial score (nSPS) is 11.2. The highest BCUT2D eigenvalue weighted by atomic mass is 32.2. The fourth-order valence-corrected chi connectivity index (χ4v) is 5.29. The smallest absolute Gasteiger partial charge is 0.283 e. The topological polar surface area (TPSA) is 152 Å². The summed E-state index contributed by atoms with van der Waals surface area (Å²) in [6.07, 6.45) is 1.28. The van der Waals surface area contributed by atoms with Crippen LogP contribution in [0.3, 0.4) is 0 Å². The summed E-state index contributed by atoms with van der Waals surface area (Å²) in [6.45, 7) is 1.91. The number of non-ortho nitro benzene ring substituents is 1. The minimum Gasteiger partial charge on any atom is -0.321 e. The van der Waals surface area contributed by atoms with E-state index in [1.165, 1.54) is 47.7 Å². The van der Waals surface area contributed by atoms with E-state index < -0.39 is 15.8 Å². The van der Waals surface area contributed by atoms with Crippen molar-refractivity contribution in [2.45, 2.75) is 16.2 Å². The summed E-state index contributed by atoms with van der Waals surface area (Å²) < 4.78 is 1.07. The third kappa shape index (κ3) is 5.54. The van der Waals surface area contributed by atoms with Crippen LogP contribution in [-0.2, 0) is 4.79 Å². The van der Waals surface area contributed by atoms with Crippen LogP contribution in [0, 0.1) is 38.5 Å². The molecule has 36 heavy (non-hydrogen) atoms. The number of nitriles is 1. The Kier molecular flexibility index (Phi) is 7.05. The van der Waals surface area contributed by atoms with E-state index in [2.05, 4.69) is 10.3 Å². The van der Waals surface area contributed by atoms with Gasteiger partial charge in [0.05, 0.1) is 25.0 Å². The molecule has 0 unspecified atom stereocenters. The number of nitrogens with zero attached hydrogens (tertiary/aromatic N) is 4. The van der Waals surface area contributed by atoms with Gasteiger partial charge >= 0.3 is 0 Å². The quantitative estimate of drug-likeness (QED) is 0.133. The molecule has 0 fully saturated rings. The van der Waals surface area contributed by atoms with Crippen molar-refractivity contribution in [3.05, 3.63) is 97.6 Å². The van der Waals surface area contributed by atoms with E-state index in [1.54, 1.807) is 18.2 Å². The van der Waals surface area contributed by atoms with Crippen molar-refractivity contribution in [1.82, 2.24) is 4.98 Å². The molecule has 0 saturated carbocycles. The number of benzene rings is 3. The van der Waals surface area contributed by atoms with Crippen LogP contribution in [0.4, 0.5) is 17.1 Å². The minimum atomic E-state index is -0.633. The van der Waals surface area contributed by atoms with Crippen LogP contribution in [0.1, 0.15) is 11.1 Å². The number of hydrogen-bond donors (Lipinski definition) is 1. The van der Waals surface area contributed by atoms with E-state index >= 15 is 0 Å². The first-order valence-corrected chi connectivity index (χ1v) is 11.9. The molecule has 4 rings (SSSR count). The largest absolute Gasteiger partial charge is 0.321 e. The number of nitro benzene ring substituents is 2. The number of amides is 1. The third-order valence-electron chi connectivity index (χ3n) is 4.93. The molecule has 3 aromatic carbocycles. The fourth-order valence-electron chi connectivity index (χ4n) is 3.15. The average molecular weight is 518 g/mol. The number of fused-ring (bicyclic) bond motifs is 1. The SMILES string of the molecule is Cc1ccc(NC(=O)/C(C#N)=C/c2ccc(Sc3nc4ccc([N+](=O)[O-])cc4s3)c([N+](=O)[O-])c2)cc1. The van der Waals surface area contributed by atoms with Crippen molar-refractivity contribution in [2.75, 3.05) is 5.32 Å². The van der Waals surface area contributed by atoms with Crippen molar-refractivity contribution in [2.24, 2.45) is 0 Å². The molecule has 1 aromatic heterocycles. The lowest BCUT2D eigenvalue weighted by Crippen LogP contribution is -2.13. The molecule has 1 N–H and O–H groups in total. The summed E-state index contributed by atoms with van der Waals surface area (Å²) in [6, 6.07) is 17.5. The van der Waals surface area contributed by atoms with E-state index in [0.717, 1.165) is 17.3 Å². The summed E-state index contributed by atoms with van der Waals surface area (Å²) in [7, 11) is 0. The van der Waals surface area contributed by atoms with Gasteiger partial charge in [0.25, 0.3) is 17.3 Å². The second kappa shape index (κ2) is 10.3. The number of rotatable bonds is 7. The number of hydrogen-bond acceptors (Lipinski definition) is 9. The van der Waals surface area contributed by atoms with Crippen molar-refractivity contribution in [3.8, 4) is 6.07 Å². The molecular formula is C24H15N5O5S2. The standard InChI is InChI=1S/C24H15N5O5S2/c1-14-2-5-17(6-3-14)26-23(30)16(13-25)10-15-4-9-21(20(11-15)29(33)34)35-24-27-19-8-7-18(28(31)32)12-22(19)36-24/h2-12H,1H3,(H,26,30)/b16-10+. The molecule has 12 heteroatoms. The first kappa shape index (κ1) is 24.5. The minimum absolute atomic E-state index is 0.0652. The maximum absolute atomic E-state index is 12.5. The molecule has 0 atom stereocenters. The second-order valence-electron chi connectivity index (χ2n) is 7.47. The molecule has 0 aliphatic heterocycles. The number of aromatic nitrogens is 1. The molecule has 0 spiro atoms. The van der Waals surface area contributed by atoms with E-state index in [1.807, 2.05) is 25.1 Å². The summed E-state index contributed by atoms with van der Waals surface area (Å²) in [5.74, 6) is -0.633. The van der Waals surface area contributed by atoms with E-state index in [9.17, 15) is 30.3 Å². The van der Waals surface area contributed by atoms with Crippen molar-refractivity contribution < 1.29 is 14.6 Å². The second-order valence-corrected chi connectivity index (χ2v) is 9.78. The number of carbonyl (C=O) groups excluding carboxylic acids is 1. The Morgan fingerprint density at radius 1 is 1.08 bits per heavy atom. The van der Waals surface area contributed by atoms with Gasteiger partial charge in [0.15, 0.2) is 4.34 Å². The zero-order chi connectivity index (χ0) is 25.8. The molecule has 0 saturated heterocycles. The Bertz CT molecular complexity index is 1590. The van der Waals surface area contributed by atoms with Crippen molar-refractivity contribution >= 4 is 62.4 Å². The molecule has 10 nitrogen and oxygen atoms in total. The Morgan fingerprint density at radius 3 is 2.50 bits per heavy atom. The van der Waals surface area contributed by atoms with Gasteiger partial charge < -0.3 is 5.32 Å². The van der Waals surface area contributed by atoms with E-state index in [4.69, 9.17) is 0 Å². The van der Waals surface area contributed by atoms with Gasteiger partial charge in [-0.2, -0.15) is 5.26 Å². The first-order chi connectivity index (χ1) is 17.2. The maximum Gasteiger partial charge on any atom is 0.283 e. The van der Waals surface area contributed by atoms with Crippen LogP contribution in [0.15, 0.2) is 75.5 Å². The molecule has 4 aromatic rings. The van der Waals surface area contributed by atoms with Gasteiger partial charge in [-0.3, -0.25) is 25.0 Å². The lowest BCUT2D eigenvalue weighted by Gasteiger charge is -2.05. The van der Waals surface area contributed by atoms with Crippen LogP contribution in [0.2, 0.25) is 0 Å². The van der Waals surface area contributed by atoms with Crippen molar-refractivity contribution in [1.29, 1.82) is 5.26 Å². The highest BCUT2D eigenvalue weighted by Crippen LogP contribution is 2.40. The van der Waals surface area contributed by atoms with E-state index in [0.29, 0.717) is 30.7 Å². The Morgan fingerprint density at radius 2 is 1.83 bits per heavy atom. The highest BCUT2D eigenvalue weighted by Gasteiger charge is 2.19. The van der Waals surface area contributed by atoms with Crippen LogP contribution in [0.5, 0.6) is 0 Å². The van der Waals surface area contributed by atoms with Crippen LogP contribution in [0.25, 0.3) is 16.3 Å². The molecule has 0 radical (unpaired) electrons. The van der Waals surface area contributed by atoms with Crippen LogP contribution >= 0.6 is 23.1 Å². The number of nitro groups is 2. The third-order valence-corrected chi connectivity index (χ3v) is 7.07. The maximum atomic E-state index is 12.5. The van der Waals surface area contributed by atoms with Gasteiger partial charge in [0.1, 0.15) is 11.6 Å². The monoisotopic (exact) mass is 517 g/mol. The number of carbonyl (C=O) groups is 1. The van der Waals surface area contributed by atoms with Gasteiger partial charge in [-0.05, 0) is 42.8 Å². The molecule has 0 aliphatic rings. The Balaban J connectivity index is 1.59. The van der Waals surface area contributed by atoms with Gasteiger partial charge in [0, 0.05) is 23.9 Å². The lowest BCUT2D eigenvalue weighted by atomic mass is 10.1. The highest BCUT2D eigenvalue weighted by molar-refractivity contribution is 8.01. The zero-order valence-electron chi connectivity index (χ0n) is 18.5. The van der Waals surface area contributed by atoms with E-state index in [-0.39, 0.29) is 16.9 Å². The molecule has 178 valence electrons. The fraction of sp³-hybridized carbons (Fsp3) is 0.0417. The predicted octanol–water partition coefficient (Wildman–Crippen LogP) is 6.12. The first-order valence-electron chi connectivity index (χ1n) is 10.2. The number of aryl methyl sites for hydroxylation is 1. The number of nitrogens with one attached hydrogen (secondary N) is 1. The molecule has 1 heterocycles. The molecule has 0 aliphatic carbocycles. The number of thiazole rings is 1. The van der Waals surface area contributed by atoms with Gasteiger partial charge in [0.2, 0.25) is 0 Å². The molecule has 0 bridgehead atoms. The summed E-state index contributed by atoms with van der Waals surface area (Å²) >= 11 is 2.24. The average Bonchev–Trinajstić information content (AvgIpc) is 3.26. The molecule has 1 amide bonds. The summed E-state index contributed by atoms with van der Waals surface area (Å²) in [5, 5.41) is 34.8. The van der Waals surface area contributed by atoms with Gasteiger partial charge in [-0.15, -0.1) is 11.3 Å². The van der Waals surface area contributed by atoms with Crippen molar-refractivity contribution in [3.63, 3.8) is 0 Å². The zero-order valence-corrected chi connectivity index (χ0v) is 20.1. The van der Waals surface area contributed by atoms with Crippen LogP contribution in [-0.4, -0.2) is 20.7 Å². The van der Waals surface area contributed by atoms with Gasteiger partial charge in [-0.25, -0.2) is 4.98 Å². The molecular weight excluding hydrogens is 502 g/mol. The number of anilines is 1. The predicted molar refractivity (Wildman–Crippen MR) is 137 cm³/mol. The van der Waals surface area contributed by atoms with Crippen LogP contribution < -0.4 is 5.32 Å². The lowest BCUT2D eigenvalue weighted by molar-refractivity contribution is -0.387. The Labute approximate surface area is 212 Å². The summed E-state index contributed by atoms with van der Waals surface area (Å²) in [4.78, 5) is 38.9.